The van der Waals surface area contributed by atoms with Crippen molar-refractivity contribution in [1.82, 2.24) is 4.90 Å². The molecule has 0 bridgehead atoms. The van der Waals surface area contributed by atoms with Crippen LogP contribution in [0, 0.1) is 0 Å². The third kappa shape index (κ3) is 3.12. The monoisotopic (exact) mass is 298 g/mol. The maximum Gasteiger partial charge on any atom is 0.0553 e. The molecular weight excluding hydrogens is 280 g/mol. The molecule has 1 aliphatic rings. The van der Waals surface area contributed by atoms with Crippen LogP contribution in [0.1, 0.15) is 29.2 Å². The molecule has 0 aromatic heterocycles. The van der Waals surface area contributed by atoms with Crippen molar-refractivity contribution in [1.29, 1.82) is 0 Å². The Balaban J connectivity index is 1.89. The lowest BCUT2D eigenvalue weighted by Crippen LogP contribution is -2.27. The Kier molecular flexibility index (Phi) is 4.28. The average molecular weight is 299 g/mol. The van der Waals surface area contributed by atoms with Crippen LogP contribution in [0.25, 0.3) is 6.08 Å². The van der Waals surface area contributed by atoms with Gasteiger partial charge in [0.2, 0.25) is 0 Å². The summed E-state index contributed by atoms with van der Waals surface area (Å²) in [7, 11) is 0. The summed E-state index contributed by atoms with van der Waals surface area (Å²) in [6, 6.07) is 16.8. The molecule has 0 amide bonds. The molecule has 0 fully saturated rings. The second-order valence-electron chi connectivity index (χ2n) is 5.34. The molecule has 108 valence electrons. The molecule has 2 aromatic carbocycles. The van der Waals surface area contributed by atoms with Crippen molar-refractivity contribution in [2.24, 2.45) is 5.73 Å². The van der Waals surface area contributed by atoms with E-state index in [1.807, 2.05) is 18.2 Å². The van der Waals surface area contributed by atoms with Crippen LogP contribution in [0.5, 0.6) is 0 Å². The third-order valence-corrected chi connectivity index (χ3v) is 4.16. The molecule has 3 heteroatoms. The van der Waals surface area contributed by atoms with Crippen molar-refractivity contribution in [3.8, 4) is 0 Å². The zero-order valence-corrected chi connectivity index (χ0v) is 12.6. The normalized spacial score (nSPS) is 14.9. The topological polar surface area (TPSA) is 29.3 Å². The fourth-order valence-electron chi connectivity index (χ4n) is 2.88. The van der Waals surface area contributed by atoms with E-state index in [2.05, 4.69) is 47.5 Å². The van der Waals surface area contributed by atoms with Crippen molar-refractivity contribution in [2.45, 2.75) is 19.0 Å². The maximum absolute atomic E-state index is 6.14. The van der Waals surface area contributed by atoms with Gasteiger partial charge in [0, 0.05) is 17.8 Å². The van der Waals surface area contributed by atoms with Gasteiger partial charge in [-0.25, -0.2) is 0 Å². The van der Waals surface area contributed by atoms with E-state index in [-0.39, 0.29) is 6.04 Å². The molecule has 0 saturated heterocycles. The minimum atomic E-state index is 0.262. The van der Waals surface area contributed by atoms with Gasteiger partial charge in [0.05, 0.1) is 6.04 Å². The van der Waals surface area contributed by atoms with E-state index >= 15 is 0 Å². The molecule has 1 unspecified atom stereocenters. The van der Waals surface area contributed by atoms with Gasteiger partial charge in [0.1, 0.15) is 0 Å². The summed E-state index contributed by atoms with van der Waals surface area (Å²) in [5, 5.41) is 0.774. The molecule has 0 spiro atoms. The van der Waals surface area contributed by atoms with E-state index in [0.29, 0.717) is 6.54 Å². The first-order valence-electron chi connectivity index (χ1n) is 7.25. The lowest BCUT2D eigenvalue weighted by Gasteiger charge is -2.34. The maximum atomic E-state index is 6.14. The van der Waals surface area contributed by atoms with E-state index in [0.717, 1.165) is 18.0 Å². The van der Waals surface area contributed by atoms with E-state index in [1.165, 1.54) is 16.7 Å². The lowest BCUT2D eigenvalue weighted by atomic mass is 9.98. The fraction of sp³-hybridized carbons (Fsp3) is 0.222. The molecular formula is C18H19ClN2. The van der Waals surface area contributed by atoms with Gasteiger partial charge in [-0.3, -0.25) is 0 Å². The van der Waals surface area contributed by atoms with Crippen molar-refractivity contribution in [2.75, 3.05) is 6.54 Å². The predicted molar refractivity (Wildman–Crippen MR) is 88.9 cm³/mol. The molecule has 21 heavy (non-hydrogen) atoms. The molecule has 2 aromatic rings. The van der Waals surface area contributed by atoms with Crippen molar-refractivity contribution >= 4 is 17.7 Å². The quantitative estimate of drug-likeness (QED) is 0.916. The summed E-state index contributed by atoms with van der Waals surface area (Å²) < 4.78 is 0. The Labute approximate surface area is 130 Å². The Bertz CT molecular complexity index is 651. The van der Waals surface area contributed by atoms with Gasteiger partial charge in [-0.1, -0.05) is 48.0 Å². The largest absolute Gasteiger partial charge is 0.366 e. The molecule has 1 atom stereocenters. The van der Waals surface area contributed by atoms with Crippen molar-refractivity contribution in [3.05, 3.63) is 76.4 Å². The molecule has 2 N–H and O–H groups in total. The highest BCUT2D eigenvalue weighted by Crippen LogP contribution is 2.31. The Hall–Kier alpha value is -1.77. The van der Waals surface area contributed by atoms with Crippen LogP contribution in [0.3, 0.4) is 0 Å². The van der Waals surface area contributed by atoms with Crippen LogP contribution in [0.4, 0.5) is 0 Å². The van der Waals surface area contributed by atoms with Crippen LogP contribution in [0.15, 0.2) is 54.7 Å². The molecule has 1 heterocycles. The Morgan fingerprint density at radius 1 is 1.14 bits per heavy atom. The fourth-order valence-corrected chi connectivity index (χ4v) is 3.07. The highest BCUT2D eigenvalue weighted by molar-refractivity contribution is 6.30. The SMILES string of the molecule is NCCC(c1cccc(Cl)c1)N1C=Cc2ccccc2C1. The van der Waals surface area contributed by atoms with Crippen LogP contribution in [-0.4, -0.2) is 11.4 Å². The number of hydrogen-bond acceptors (Lipinski definition) is 2. The minimum absolute atomic E-state index is 0.262. The number of rotatable bonds is 4. The number of nitrogens with two attached hydrogens (primary N) is 1. The van der Waals surface area contributed by atoms with Crippen LogP contribution in [-0.2, 0) is 6.54 Å². The molecule has 0 saturated carbocycles. The number of fused-ring (bicyclic) bond motifs is 1. The molecule has 0 aliphatic carbocycles. The van der Waals surface area contributed by atoms with Crippen molar-refractivity contribution < 1.29 is 0 Å². The van der Waals surface area contributed by atoms with Crippen molar-refractivity contribution in [3.63, 3.8) is 0 Å². The minimum Gasteiger partial charge on any atom is -0.366 e. The number of nitrogens with zero attached hydrogens (tertiary/aromatic N) is 1. The molecule has 2 nitrogen and oxygen atoms in total. The van der Waals surface area contributed by atoms with E-state index in [9.17, 15) is 0 Å². The van der Waals surface area contributed by atoms with Crippen LogP contribution >= 0.6 is 11.6 Å². The van der Waals surface area contributed by atoms with E-state index in [4.69, 9.17) is 17.3 Å². The number of halogens is 1. The molecule has 1 aliphatic heterocycles. The van der Waals surface area contributed by atoms with Gasteiger partial charge in [-0.05, 0) is 47.9 Å². The standard InChI is InChI=1S/C18H19ClN2/c19-17-7-3-6-15(12-17)18(8-10-20)21-11-9-14-4-1-2-5-16(14)13-21/h1-7,9,11-12,18H,8,10,13,20H2. The van der Waals surface area contributed by atoms with Crippen LogP contribution in [0.2, 0.25) is 5.02 Å². The number of benzene rings is 2. The summed E-state index contributed by atoms with van der Waals surface area (Å²) in [4.78, 5) is 2.35. The molecule has 3 rings (SSSR count). The van der Waals surface area contributed by atoms with Gasteiger partial charge < -0.3 is 10.6 Å². The van der Waals surface area contributed by atoms with Gasteiger partial charge >= 0.3 is 0 Å². The van der Waals surface area contributed by atoms with Gasteiger partial charge in [-0.2, -0.15) is 0 Å². The van der Waals surface area contributed by atoms with Gasteiger partial charge in [-0.15, -0.1) is 0 Å². The third-order valence-electron chi connectivity index (χ3n) is 3.93. The number of hydrogen-bond donors (Lipinski definition) is 1. The highest BCUT2D eigenvalue weighted by Gasteiger charge is 2.20. The zero-order valence-electron chi connectivity index (χ0n) is 11.9. The first-order valence-corrected chi connectivity index (χ1v) is 7.63. The van der Waals surface area contributed by atoms with E-state index < -0.39 is 0 Å². The Morgan fingerprint density at radius 3 is 2.81 bits per heavy atom. The van der Waals surface area contributed by atoms with E-state index in [1.54, 1.807) is 0 Å². The summed E-state index contributed by atoms with van der Waals surface area (Å²) in [5.41, 5.74) is 9.69. The summed E-state index contributed by atoms with van der Waals surface area (Å²) in [6.45, 7) is 1.56. The zero-order chi connectivity index (χ0) is 14.7. The molecule has 0 radical (unpaired) electrons. The second-order valence-corrected chi connectivity index (χ2v) is 5.77. The second kappa shape index (κ2) is 6.33. The lowest BCUT2D eigenvalue weighted by molar-refractivity contribution is 0.259. The predicted octanol–water partition coefficient (Wildman–Crippen LogP) is 4.22. The first kappa shape index (κ1) is 14.2. The van der Waals surface area contributed by atoms with Gasteiger partial charge in [0.25, 0.3) is 0 Å². The highest BCUT2D eigenvalue weighted by atomic mass is 35.5. The average Bonchev–Trinajstić information content (AvgIpc) is 2.52. The smallest absolute Gasteiger partial charge is 0.0553 e. The summed E-state index contributed by atoms with van der Waals surface area (Å²) >= 11 is 6.14. The summed E-state index contributed by atoms with van der Waals surface area (Å²) in [5.74, 6) is 0. The summed E-state index contributed by atoms with van der Waals surface area (Å²) in [6.07, 6.45) is 5.25. The van der Waals surface area contributed by atoms with Crippen LogP contribution < -0.4 is 5.73 Å². The Morgan fingerprint density at radius 2 is 2.00 bits per heavy atom. The first-order chi connectivity index (χ1) is 10.3. The van der Waals surface area contributed by atoms with Gasteiger partial charge in [0.15, 0.2) is 0 Å².